The molecule has 0 radical (unpaired) electrons. The standard InChI is InChI=1S/C17H18ClNO3/c18-14-6-4-13(5-7-14)16(21)11-17(22)19-9-8-12-2-1-3-15(20)10-12/h1-7,10,16,20-21H,8-9,11H2,(H,19,22). The number of aliphatic hydroxyl groups excluding tert-OH is 1. The number of carbonyl (C=O) groups excluding carboxylic acids is 1. The van der Waals surface area contributed by atoms with E-state index in [9.17, 15) is 15.0 Å². The molecule has 2 rings (SSSR count). The summed E-state index contributed by atoms with van der Waals surface area (Å²) in [6, 6.07) is 13.7. The summed E-state index contributed by atoms with van der Waals surface area (Å²) in [6.45, 7) is 0.454. The van der Waals surface area contributed by atoms with E-state index >= 15 is 0 Å². The Bertz CT molecular complexity index is 628. The molecule has 2 aromatic carbocycles. The smallest absolute Gasteiger partial charge is 0.222 e. The number of phenolic OH excluding ortho intramolecular Hbond substituents is 1. The maximum Gasteiger partial charge on any atom is 0.222 e. The van der Waals surface area contributed by atoms with Crippen LogP contribution in [0.1, 0.15) is 23.7 Å². The lowest BCUT2D eigenvalue weighted by molar-refractivity contribution is -0.123. The third kappa shape index (κ3) is 5.06. The van der Waals surface area contributed by atoms with E-state index < -0.39 is 6.10 Å². The summed E-state index contributed by atoms with van der Waals surface area (Å²) >= 11 is 5.78. The summed E-state index contributed by atoms with van der Waals surface area (Å²) in [7, 11) is 0. The molecule has 0 aliphatic rings. The van der Waals surface area contributed by atoms with Gasteiger partial charge in [-0.05, 0) is 41.8 Å². The highest BCUT2D eigenvalue weighted by atomic mass is 35.5. The van der Waals surface area contributed by atoms with Crippen LogP contribution in [-0.2, 0) is 11.2 Å². The van der Waals surface area contributed by atoms with Crippen LogP contribution in [0.3, 0.4) is 0 Å². The Balaban J connectivity index is 1.76. The second-order valence-corrected chi connectivity index (χ2v) is 5.48. The van der Waals surface area contributed by atoms with Gasteiger partial charge in [0.1, 0.15) is 5.75 Å². The van der Waals surface area contributed by atoms with Crippen LogP contribution in [0.25, 0.3) is 0 Å². The van der Waals surface area contributed by atoms with E-state index in [1.54, 1.807) is 42.5 Å². The van der Waals surface area contributed by atoms with Crippen LogP contribution in [0.2, 0.25) is 5.02 Å². The van der Waals surface area contributed by atoms with Crippen LogP contribution in [0, 0.1) is 0 Å². The van der Waals surface area contributed by atoms with Crippen LogP contribution < -0.4 is 5.32 Å². The Morgan fingerprint density at radius 1 is 1.18 bits per heavy atom. The lowest BCUT2D eigenvalue weighted by Gasteiger charge is -2.11. The van der Waals surface area contributed by atoms with E-state index in [0.29, 0.717) is 23.6 Å². The van der Waals surface area contributed by atoms with Crippen molar-refractivity contribution in [3.63, 3.8) is 0 Å². The predicted molar refractivity (Wildman–Crippen MR) is 85.8 cm³/mol. The number of hydrogen-bond donors (Lipinski definition) is 3. The van der Waals surface area contributed by atoms with Gasteiger partial charge in [0.25, 0.3) is 0 Å². The molecule has 3 N–H and O–H groups in total. The number of carbonyl (C=O) groups is 1. The van der Waals surface area contributed by atoms with Gasteiger partial charge in [0, 0.05) is 11.6 Å². The third-order valence-corrected chi connectivity index (χ3v) is 3.53. The number of rotatable bonds is 6. The molecule has 0 saturated heterocycles. The number of hydrogen-bond acceptors (Lipinski definition) is 3. The highest BCUT2D eigenvalue weighted by Crippen LogP contribution is 2.19. The third-order valence-electron chi connectivity index (χ3n) is 3.28. The number of amides is 1. The first-order chi connectivity index (χ1) is 10.5. The average molecular weight is 320 g/mol. The maximum atomic E-state index is 11.8. The van der Waals surface area contributed by atoms with Crippen LogP contribution in [0.5, 0.6) is 5.75 Å². The first kappa shape index (κ1) is 16.3. The molecular formula is C17H18ClNO3. The molecule has 4 nitrogen and oxygen atoms in total. The molecule has 22 heavy (non-hydrogen) atoms. The van der Waals surface area contributed by atoms with Gasteiger partial charge in [0.2, 0.25) is 5.91 Å². The predicted octanol–water partition coefficient (Wildman–Crippen LogP) is 2.83. The molecule has 0 aliphatic carbocycles. The monoisotopic (exact) mass is 319 g/mol. The summed E-state index contributed by atoms with van der Waals surface area (Å²) in [4.78, 5) is 11.8. The summed E-state index contributed by atoms with van der Waals surface area (Å²) in [5, 5.41) is 22.7. The van der Waals surface area contributed by atoms with Crippen molar-refractivity contribution < 1.29 is 15.0 Å². The lowest BCUT2D eigenvalue weighted by atomic mass is 10.1. The molecule has 0 aliphatic heterocycles. The molecule has 2 aromatic rings. The van der Waals surface area contributed by atoms with E-state index in [0.717, 1.165) is 5.56 Å². The van der Waals surface area contributed by atoms with Crippen molar-refractivity contribution in [3.8, 4) is 5.75 Å². The van der Waals surface area contributed by atoms with Crippen molar-refractivity contribution in [1.82, 2.24) is 5.32 Å². The number of phenols is 1. The number of nitrogens with one attached hydrogen (secondary N) is 1. The van der Waals surface area contributed by atoms with Crippen LogP contribution in [-0.4, -0.2) is 22.7 Å². The van der Waals surface area contributed by atoms with E-state index in [2.05, 4.69) is 5.32 Å². The minimum atomic E-state index is -0.849. The van der Waals surface area contributed by atoms with Crippen molar-refractivity contribution in [2.45, 2.75) is 18.9 Å². The zero-order valence-electron chi connectivity index (χ0n) is 12.0. The fraction of sp³-hybridized carbons (Fsp3) is 0.235. The molecule has 116 valence electrons. The molecule has 0 saturated carbocycles. The lowest BCUT2D eigenvalue weighted by Crippen LogP contribution is -2.27. The van der Waals surface area contributed by atoms with E-state index in [-0.39, 0.29) is 18.1 Å². The van der Waals surface area contributed by atoms with Gasteiger partial charge in [-0.1, -0.05) is 35.9 Å². The molecule has 0 aromatic heterocycles. The highest BCUT2D eigenvalue weighted by Gasteiger charge is 2.12. The number of aliphatic hydroxyl groups is 1. The van der Waals surface area contributed by atoms with E-state index in [4.69, 9.17) is 11.6 Å². The molecular weight excluding hydrogens is 302 g/mol. The van der Waals surface area contributed by atoms with Crippen LogP contribution in [0.15, 0.2) is 48.5 Å². The Morgan fingerprint density at radius 2 is 1.91 bits per heavy atom. The Hall–Kier alpha value is -2.04. The summed E-state index contributed by atoms with van der Waals surface area (Å²) in [5.74, 6) is -0.00964. The van der Waals surface area contributed by atoms with Crippen molar-refractivity contribution >= 4 is 17.5 Å². The molecule has 0 fully saturated rings. The normalized spacial score (nSPS) is 11.9. The fourth-order valence-corrected chi connectivity index (χ4v) is 2.23. The molecule has 1 unspecified atom stereocenters. The SMILES string of the molecule is O=C(CC(O)c1ccc(Cl)cc1)NCCc1cccc(O)c1. The number of halogens is 1. The average Bonchev–Trinajstić information content (AvgIpc) is 2.48. The number of benzene rings is 2. The van der Waals surface area contributed by atoms with E-state index in [1.807, 2.05) is 6.07 Å². The Morgan fingerprint density at radius 3 is 2.59 bits per heavy atom. The molecule has 1 amide bonds. The summed E-state index contributed by atoms with van der Waals surface area (Å²) in [6.07, 6.45) is -0.225. The van der Waals surface area contributed by atoms with Crippen molar-refractivity contribution in [3.05, 3.63) is 64.7 Å². The molecule has 0 heterocycles. The van der Waals surface area contributed by atoms with Gasteiger partial charge >= 0.3 is 0 Å². The minimum absolute atomic E-state index is 0.00166. The molecule has 0 bridgehead atoms. The number of aromatic hydroxyl groups is 1. The van der Waals surface area contributed by atoms with Crippen molar-refractivity contribution in [1.29, 1.82) is 0 Å². The van der Waals surface area contributed by atoms with Gasteiger partial charge in [-0.15, -0.1) is 0 Å². The summed E-state index contributed by atoms with van der Waals surface area (Å²) < 4.78 is 0. The molecule has 1 atom stereocenters. The van der Waals surface area contributed by atoms with Gasteiger partial charge in [-0.25, -0.2) is 0 Å². The quantitative estimate of drug-likeness (QED) is 0.767. The maximum absolute atomic E-state index is 11.8. The van der Waals surface area contributed by atoms with Crippen molar-refractivity contribution in [2.75, 3.05) is 6.54 Å². The van der Waals surface area contributed by atoms with Gasteiger partial charge in [0.15, 0.2) is 0 Å². The van der Waals surface area contributed by atoms with Crippen molar-refractivity contribution in [2.24, 2.45) is 0 Å². The fourth-order valence-electron chi connectivity index (χ4n) is 2.11. The summed E-state index contributed by atoms with van der Waals surface area (Å²) in [5.41, 5.74) is 1.60. The zero-order chi connectivity index (χ0) is 15.9. The first-order valence-electron chi connectivity index (χ1n) is 7.03. The van der Waals surface area contributed by atoms with Gasteiger partial charge in [-0.2, -0.15) is 0 Å². The first-order valence-corrected chi connectivity index (χ1v) is 7.40. The largest absolute Gasteiger partial charge is 0.508 e. The van der Waals surface area contributed by atoms with Crippen LogP contribution >= 0.6 is 11.6 Å². The Kier molecular flexibility index (Phi) is 5.81. The second kappa shape index (κ2) is 7.82. The minimum Gasteiger partial charge on any atom is -0.508 e. The zero-order valence-corrected chi connectivity index (χ0v) is 12.8. The van der Waals surface area contributed by atoms with Gasteiger partial charge in [0.05, 0.1) is 12.5 Å². The van der Waals surface area contributed by atoms with Crippen LogP contribution in [0.4, 0.5) is 0 Å². The Labute approximate surface area is 134 Å². The van der Waals surface area contributed by atoms with Gasteiger partial charge < -0.3 is 15.5 Å². The molecule has 5 heteroatoms. The highest BCUT2D eigenvalue weighted by molar-refractivity contribution is 6.30. The van der Waals surface area contributed by atoms with E-state index in [1.165, 1.54) is 0 Å². The topological polar surface area (TPSA) is 69.6 Å². The van der Waals surface area contributed by atoms with Gasteiger partial charge in [-0.3, -0.25) is 4.79 Å². The molecule has 0 spiro atoms. The second-order valence-electron chi connectivity index (χ2n) is 5.04.